The standard InChI is InChI=1S/C48H55F3N10O5/c49-48(50,51)40-28-36(2-1-33(40)29-52)57-19-12-32(13-20-57)44(63)54-42-7-4-37(30-53-42)59-17-10-31(11-18-59)9-16-56-23-25-60(26-24-56)34-14-21-58(22-15-34)35-3-5-38-39(27-35)47(66)61(46(38)65)41-6-8-43(62)55-45(41)64/h1-5,7,27-28,30-32,34,41H,6,8-26H2,(H,53,54,63)(H,55,62,64). The van der Waals surface area contributed by atoms with Crippen molar-refractivity contribution in [1.29, 1.82) is 5.26 Å². The van der Waals surface area contributed by atoms with E-state index in [0.29, 0.717) is 60.5 Å². The van der Waals surface area contributed by atoms with Crippen LogP contribution in [0.3, 0.4) is 0 Å². The van der Waals surface area contributed by atoms with Crippen molar-refractivity contribution in [3.8, 4) is 6.07 Å². The van der Waals surface area contributed by atoms with E-state index in [-0.39, 0.29) is 24.7 Å². The van der Waals surface area contributed by atoms with Crippen molar-refractivity contribution >= 4 is 52.4 Å². The number of aromatic nitrogens is 1. The number of piperazine rings is 1. The van der Waals surface area contributed by atoms with Crippen LogP contribution in [0.5, 0.6) is 0 Å². The maximum Gasteiger partial charge on any atom is 0.417 e. The Kier molecular flexibility index (Phi) is 13.0. The van der Waals surface area contributed by atoms with Crippen LogP contribution < -0.4 is 25.3 Å². The Balaban J connectivity index is 0.660. The van der Waals surface area contributed by atoms with Crippen molar-refractivity contribution < 1.29 is 37.1 Å². The molecule has 0 aliphatic carbocycles. The Morgan fingerprint density at radius 1 is 0.742 bits per heavy atom. The molecular weight excluding hydrogens is 854 g/mol. The average molecular weight is 909 g/mol. The number of rotatable bonds is 10. The minimum Gasteiger partial charge on any atom is -0.371 e. The maximum atomic E-state index is 13.5. The predicted molar refractivity (Wildman–Crippen MR) is 240 cm³/mol. The highest BCUT2D eigenvalue weighted by molar-refractivity contribution is 6.23. The van der Waals surface area contributed by atoms with Gasteiger partial charge < -0.3 is 24.9 Å². The molecule has 0 spiro atoms. The summed E-state index contributed by atoms with van der Waals surface area (Å²) in [6.07, 6.45) is 3.83. The monoisotopic (exact) mass is 908 g/mol. The number of piperidine rings is 4. The summed E-state index contributed by atoms with van der Waals surface area (Å²) in [6.45, 7) is 9.77. The van der Waals surface area contributed by atoms with Gasteiger partial charge in [0.15, 0.2) is 0 Å². The molecule has 9 rings (SSSR count). The lowest BCUT2D eigenvalue weighted by Crippen LogP contribution is -2.54. The Morgan fingerprint density at radius 3 is 2.02 bits per heavy atom. The van der Waals surface area contributed by atoms with Gasteiger partial charge in [0.05, 0.1) is 40.2 Å². The van der Waals surface area contributed by atoms with Crippen LogP contribution in [0, 0.1) is 23.2 Å². The van der Waals surface area contributed by atoms with Crippen molar-refractivity contribution in [1.82, 2.24) is 25.0 Å². The van der Waals surface area contributed by atoms with Gasteiger partial charge in [0.2, 0.25) is 17.7 Å². The van der Waals surface area contributed by atoms with E-state index < -0.39 is 47.0 Å². The first-order chi connectivity index (χ1) is 31.8. The molecule has 0 saturated carbocycles. The van der Waals surface area contributed by atoms with Gasteiger partial charge in [-0.15, -0.1) is 0 Å². The largest absolute Gasteiger partial charge is 0.417 e. The summed E-state index contributed by atoms with van der Waals surface area (Å²) in [5.74, 6) is -1.26. The van der Waals surface area contributed by atoms with E-state index in [2.05, 4.69) is 35.2 Å². The number of hydrogen-bond donors (Lipinski definition) is 2. The molecule has 5 amide bonds. The molecule has 7 heterocycles. The summed E-state index contributed by atoms with van der Waals surface area (Å²) >= 11 is 0. The minimum absolute atomic E-state index is 0.0900. The molecule has 1 atom stereocenters. The Hall–Kier alpha value is -6.06. The lowest BCUT2D eigenvalue weighted by Gasteiger charge is -2.43. The van der Waals surface area contributed by atoms with E-state index in [1.807, 2.05) is 29.3 Å². The van der Waals surface area contributed by atoms with Crippen LogP contribution in [0.25, 0.3) is 0 Å². The average Bonchev–Trinajstić information content (AvgIpc) is 3.58. The first-order valence-corrected chi connectivity index (χ1v) is 23.3. The predicted octanol–water partition coefficient (Wildman–Crippen LogP) is 5.12. The molecule has 15 nitrogen and oxygen atoms in total. The normalized spacial score (nSPS) is 22.1. The molecule has 1 unspecified atom stereocenters. The zero-order valence-corrected chi connectivity index (χ0v) is 36.9. The molecule has 3 aromatic rings. The topological polar surface area (TPSA) is 166 Å². The molecule has 2 N–H and O–H groups in total. The lowest BCUT2D eigenvalue weighted by molar-refractivity contribution is -0.138. The van der Waals surface area contributed by atoms with Crippen LogP contribution in [0.2, 0.25) is 0 Å². The first kappa shape index (κ1) is 45.1. The molecule has 1 aromatic heterocycles. The molecule has 0 radical (unpaired) electrons. The third kappa shape index (κ3) is 9.59. The number of amides is 5. The van der Waals surface area contributed by atoms with Crippen LogP contribution in [-0.2, 0) is 20.6 Å². The zero-order valence-electron chi connectivity index (χ0n) is 36.9. The van der Waals surface area contributed by atoms with E-state index >= 15 is 0 Å². The minimum atomic E-state index is -4.62. The number of nitrogens with zero attached hydrogens (tertiary/aromatic N) is 8. The van der Waals surface area contributed by atoms with Crippen molar-refractivity contribution in [2.75, 3.05) is 92.0 Å². The van der Waals surface area contributed by atoms with Crippen LogP contribution in [0.1, 0.15) is 89.6 Å². The molecule has 348 valence electrons. The highest BCUT2D eigenvalue weighted by Gasteiger charge is 2.45. The Bertz CT molecular complexity index is 2380. The SMILES string of the molecule is N#Cc1ccc(N2CCC(C(=O)Nc3ccc(N4CCC(CCN5CCN(C6CCN(c7ccc8c(c7)C(=O)N(C7CCC(=O)NC7=O)C8=O)CC6)CC5)CC4)cn3)CC2)cc1C(F)(F)F. The van der Waals surface area contributed by atoms with Gasteiger partial charge in [0, 0.05) is 95.2 Å². The maximum absolute atomic E-state index is 13.5. The van der Waals surface area contributed by atoms with Crippen molar-refractivity contribution in [3.63, 3.8) is 0 Å². The van der Waals surface area contributed by atoms with Gasteiger partial charge >= 0.3 is 6.18 Å². The van der Waals surface area contributed by atoms with E-state index in [1.54, 1.807) is 18.2 Å². The number of nitriles is 1. The molecule has 66 heavy (non-hydrogen) atoms. The van der Waals surface area contributed by atoms with Gasteiger partial charge in [-0.3, -0.25) is 39.1 Å². The van der Waals surface area contributed by atoms with Crippen LogP contribution in [0.4, 0.5) is 36.1 Å². The molecule has 6 aliphatic heterocycles. The van der Waals surface area contributed by atoms with Gasteiger partial charge in [-0.2, -0.15) is 18.4 Å². The summed E-state index contributed by atoms with van der Waals surface area (Å²) in [5, 5.41) is 14.3. The summed E-state index contributed by atoms with van der Waals surface area (Å²) in [4.78, 5) is 81.0. The van der Waals surface area contributed by atoms with Gasteiger partial charge in [-0.1, -0.05) is 0 Å². The highest BCUT2D eigenvalue weighted by atomic mass is 19.4. The fourth-order valence-electron chi connectivity index (χ4n) is 10.7. The number of pyridine rings is 1. The third-order valence-corrected chi connectivity index (χ3v) is 14.7. The summed E-state index contributed by atoms with van der Waals surface area (Å²) in [7, 11) is 0. The van der Waals surface area contributed by atoms with Gasteiger partial charge in [0.25, 0.3) is 11.8 Å². The van der Waals surface area contributed by atoms with Crippen LogP contribution in [0.15, 0.2) is 54.7 Å². The lowest BCUT2D eigenvalue weighted by atomic mass is 9.93. The van der Waals surface area contributed by atoms with Gasteiger partial charge in [0.1, 0.15) is 11.9 Å². The molecule has 2 aromatic carbocycles. The number of imide groups is 2. The second-order valence-electron chi connectivity index (χ2n) is 18.5. The number of fused-ring (bicyclic) bond motifs is 1. The molecule has 5 saturated heterocycles. The van der Waals surface area contributed by atoms with Gasteiger partial charge in [-0.25, -0.2) is 4.98 Å². The Morgan fingerprint density at radius 2 is 1.36 bits per heavy atom. The van der Waals surface area contributed by atoms with Crippen molar-refractivity contribution in [2.24, 2.45) is 11.8 Å². The van der Waals surface area contributed by atoms with Crippen LogP contribution >= 0.6 is 0 Å². The second kappa shape index (κ2) is 19.0. The van der Waals surface area contributed by atoms with E-state index in [1.165, 1.54) is 18.6 Å². The highest BCUT2D eigenvalue weighted by Crippen LogP contribution is 2.36. The smallest absolute Gasteiger partial charge is 0.371 e. The third-order valence-electron chi connectivity index (χ3n) is 14.7. The molecule has 6 aliphatic rings. The number of carbonyl (C=O) groups is 5. The number of anilines is 4. The Labute approximate surface area is 381 Å². The van der Waals surface area contributed by atoms with Crippen LogP contribution in [-0.4, -0.2) is 133 Å². The number of carbonyl (C=O) groups excluding carboxylic acids is 5. The quantitative estimate of drug-likeness (QED) is 0.259. The van der Waals surface area contributed by atoms with E-state index in [9.17, 15) is 37.1 Å². The first-order valence-electron chi connectivity index (χ1n) is 23.3. The fraction of sp³-hybridized carbons (Fsp3) is 0.521. The summed E-state index contributed by atoms with van der Waals surface area (Å²) in [5.41, 5.74) is 1.58. The number of halogens is 3. The van der Waals surface area contributed by atoms with Gasteiger partial charge in [-0.05, 0) is 112 Å². The van der Waals surface area contributed by atoms with Crippen molar-refractivity contribution in [2.45, 2.75) is 76.0 Å². The van der Waals surface area contributed by atoms with Crippen molar-refractivity contribution in [3.05, 3.63) is 77.0 Å². The number of hydrogen-bond acceptors (Lipinski definition) is 12. The molecule has 18 heteroatoms. The van der Waals surface area contributed by atoms with E-state index in [0.717, 1.165) is 107 Å². The number of alkyl halides is 3. The molecule has 0 bridgehead atoms. The van der Waals surface area contributed by atoms with E-state index in [4.69, 9.17) is 5.26 Å². The number of benzene rings is 2. The summed E-state index contributed by atoms with van der Waals surface area (Å²) in [6, 6.07) is 14.1. The molecule has 5 fully saturated rings. The fourth-order valence-corrected chi connectivity index (χ4v) is 10.7. The molecular formula is C48H55F3N10O5. The number of nitrogens with one attached hydrogen (secondary N) is 2. The second-order valence-corrected chi connectivity index (χ2v) is 18.5. The summed E-state index contributed by atoms with van der Waals surface area (Å²) < 4.78 is 40.5. The zero-order chi connectivity index (χ0) is 46.1.